The van der Waals surface area contributed by atoms with Gasteiger partial charge in [-0.1, -0.05) is 50.9 Å². The Morgan fingerprint density at radius 3 is 2.72 bits per heavy atom. The van der Waals surface area contributed by atoms with E-state index in [0.717, 1.165) is 19.3 Å². The van der Waals surface area contributed by atoms with Gasteiger partial charge in [-0.15, -0.1) is 11.8 Å². The highest BCUT2D eigenvalue weighted by molar-refractivity contribution is 8.00. The Balaban J connectivity index is 2.22. The van der Waals surface area contributed by atoms with Crippen LogP contribution in [0.5, 0.6) is 0 Å². The maximum atomic E-state index is 13.1. The summed E-state index contributed by atoms with van der Waals surface area (Å²) in [5.74, 6) is 0.485. The summed E-state index contributed by atoms with van der Waals surface area (Å²) in [6.45, 7) is 6.68. The number of unbranched alkanes of at least 4 members (excludes halogenated alkanes) is 1. The van der Waals surface area contributed by atoms with Gasteiger partial charge in [0.2, 0.25) is 0 Å². The summed E-state index contributed by atoms with van der Waals surface area (Å²) in [5.41, 5.74) is 0.437. The topological polar surface area (TPSA) is 46.6 Å². The lowest BCUT2D eigenvalue weighted by Crippen LogP contribution is -2.46. The van der Waals surface area contributed by atoms with Gasteiger partial charge in [-0.3, -0.25) is 4.79 Å². The maximum absolute atomic E-state index is 13.1. The number of rotatable bonds is 7. The van der Waals surface area contributed by atoms with Crippen LogP contribution in [0.25, 0.3) is 0 Å². The Kier molecular flexibility index (Phi) is 7.63. The van der Waals surface area contributed by atoms with Crippen molar-refractivity contribution < 1.29 is 14.3 Å². The van der Waals surface area contributed by atoms with Crippen molar-refractivity contribution in [3.8, 4) is 0 Å². The molecule has 0 radical (unpaired) electrons. The minimum absolute atomic E-state index is 0.0347. The molecular formula is C19H26ClNO3S. The number of hydrogen-bond donors (Lipinski definition) is 0. The molecule has 1 saturated heterocycles. The average molecular weight is 384 g/mol. The van der Waals surface area contributed by atoms with Gasteiger partial charge in [0, 0.05) is 5.75 Å². The van der Waals surface area contributed by atoms with Gasteiger partial charge in [-0.05, 0) is 30.9 Å². The third kappa shape index (κ3) is 5.14. The number of carbonyl (C=O) groups is 2. The van der Waals surface area contributed by atoms with Crippen LogP contribution in [0.2, 0.25) is 5.02 Å². The molecule has 4 nitrogen and oxygen atoms in total. The summed E-state index contributed by atoms with van der Waals surface area (Å²) in [6.07, 6.45) is 2.63. The number of thioether (sulfide) groups is 1. The molecule has 25 heavy (non-hydrogen) atoms. The van der Waals surface area contributed by atoms with Gasteiger partial charge < -0.3 is 9.64 Å². The van der Waals surface area contributed by atoms with E-state index in [1.165, 1.54) is 0 Å². The fourth-order valence-corrected chi connectivity index (χ4v) is 4.63. The highest BCUT2D eigenvalue weighted by Crippen LogP contribution is 2.36. The third-order valence-corrected chi connectivity index (χ3v) is 5.76. The highest BCUT2D eigenvalue weighted by atomic mass is 35.5. The molecule has 1 amide bonds. The quantitative estimate of drug-likeness (QED) is 0.509. The second-order valence-corrected chi connectivity index (χ2v) is 8.26. The van der Waals surface area contributed by atoms with E-state index >= 15 is 0 Å². The minimum atomic E-state index is -0.547. The largest absolute Gasteiger partial charge is 0.464 e. The first-order valence-corrected chi connectivity index (χ1v) is 10.2. The Morgan fingerprint density at radius 2 is 2.08 bits per heavy atom. The first kappa shape index (κ1) is 20.1. The van der Waals surface area contributed by atoms with Gasteiger partial charge >= 0.3 is 5.97 Å². The normalized spacial score (nSPS) is 20.1. The number of hydrogen-bond acceptors (Lipinski definition) is 4. The molecule has 0 N–H and O–H groups in total. The second-order valence-electron chi connectivity index (χ2n) is 6.65. The molecular weight excluding hydrogens is 358 g/mol. The summed E-state index contributed by atoms with van der Waals surface area (Å²) in [7, 11) is 0. The van der Waals surface area contributed by atoms with Gasteiger partial charge in [0.25, 0.3) is 5.91 Å². The van der Waals surface area contributed by atoms with Crippen LogP contribution in [0.4, 0.5) is 0 Å². The Hall–Kier alpha value is -1.20. The summed E-state index contributed by atoms with van der Waals surface area (Å²) >= 11 is 7.85. The molecule has 2 unspecified atom stereocenters. The zero-order valence-corrected chi connectivity index (χ0v) is 16.6. The van der Waals surface area contributed by atoms with Crippen molar-refractivity contribution in [3.05, 3.63) is 34.9 Å². The lowest BCUT2D eigenvalue weighted by Gasteiger charge is -2.29. The zero-order chi connectivity index (χ0) is 18.4. The van der Waals surface area contributed by atoms with Crippen LogP contribution in [0.3, 0.4) is 0 Å². The monoisotopic (exact) mass is 383 g/mol. The summed E-state index contributed by atoms with van der Waals surface area (Å²) < 4.78 is 5.39. The van der Waals surface area contributed by atoms with Crippen LogP contribution < -0.4 is 0 Å². The Morgan fingerprint density at radius 1 is 1.36 bits per heavy atom. The average Bonchev–Trinajstić information content (AvgIpc) is 2.97. The molecule has 1 aliphatic heterocycles. The van der Waals surface area contributed by atoms with E-state index in [1.54, 1.807) is 40.9 Å². The molecule has 138 valence electrons. The molecule has 0 spiro atoms. The molecule has 1 aliphatic rings. The van der Waals surface area contributed by atoms with E-state index in [9.17, 15) is 9.59 Å². The molecule has 0 saturated carbocycles. The second kappa shape index (κ2) is 9.48. The molecule has 1 fully saturated rings. The summed E-state index contributed by atoms with van der Waals surface area (Å²) in [6, 6.07) is 6.44. The fourth-order valence-electron chi connectivity index (χ4n) is 2.79. The number of esters is 1. The van der Waals surface area contributed by atoms with Crippen molar-refractivity contribution in [2.45, 2.75) is 51.4 Å². The Bertz CT molecular complexity index is 608. The van der Waals surface area contributed by atoms with Crippen molar-refractivity contribution in [2.24, 2.45) is 5.92 Å². The lowest BCUT2D eigenvalue weighted by atomic mass is 10.1. The van der Waals surface area contributed by atoms with Crippen molar-refractivity contribution in [2.75, 3.05) is 12.4 Å². The molecule has 0 aromatic heterocycles. The molecule has 0 aliphatic carbocycles. The van der Waals surface area contributed by atoms with Crippen LogP contribution in [0, 0.1) is 5.92 Å². The number of benzene rings is 1. The Labute approximate surface area is 159 Å². The zero-order valence-electron chi connectivity index (χ0n) is 15.0. The van der Waals surface area contributed by atoms with Crippen LogP contribution in [-0.2, 0) is 9.53 Å². The predicted molar refractivity (Wildman–Crippen MR) is 103 cm³/mol. The van der Waals surface area contributed by atoms with Gasteiger partial charge in [0.1, 0.15) is 6.04 Å². The first-order chi connectivity index (χ1) is 12.0. The van der Waals surface area contributed by atoms with Crippen molar-refractivity contribution in [1.29, 1.82) is 0 Å². The van der Waals surface area contributed by atoms with Gasteiger partial charge in [-0.2, -0.15) is 0 Å². The van der Waals surface area contributed by atoms with Gasteiger partial charge in [0.15, 0.2) is 0 Å². The molecule has 1 aromatic carbocycles. The SMILES string of the molecule is CCCCOC(=O)C1CSC(CC(C)C)N1C(=O)c1ccccc1Cl. The smallest absolute Gasteiger partial charge is 0.329 e. The van der Waals surface area contributed by atoms with Crippen LogP contribution in [-0.4, -0.2) is 40.6 Å². The predicted octanol–water partition coefficient (Wildman–Crippen LogP) is 4.61. The minimum Gasteiger partial charge on any atom is -0.464 e. The third-order valence-electron chi connectivity index (χ3n) is 4.12. The maximum Gasteiger partial charge on any atom is 0.329 e. The van der Waals surface area contributed by atoms with E-state index in [0.29, 0.717) is 28.9 Å². The summed E-state index contributed by atoms with van der Waals surface area (Å²) in [5, 5.41) is 0.373. The molecule has 1 aromatic rings. The van der Waals surface area contributed by atoms with E-state index < -0.39 is 6.04 Å². The van der Waals surface area contributed by atoms with Crippen LogP contribution in [0.1, 0.15) is 50.4 Å². The van der Waals surface area contributed by atoms with Crippen LogP contribution >= 0.6 is 23.4 Å². The standard InChI is InChI=1S/C19H26ClNO3S/c1-4-5-10-24-19(23)16-12-25-17(11-13(2)3)21(16)18(22)14-8-6-7-9-15(14)20/h6-9,13,16-17H,4-5,10-12H2,1-3H3. The lowest BCUT2D eigenvalue weighted by molar-refractivity contribution is -0.148. The summed E-state index contributed by atoms with van der Waals surface area (Å²) in [4.78, 5) is 27.3. The number of ether oxygens (including phenoxy) is 1. The van der Waals surface area contributed by atoms with Crippen LogP contribution in [0.15, 0.2) is 24.3 Å². The van der Waals surface area contributed by atoms with E-state index in [1.807, 2.05) is 6.92 Å². The first-order valence-electron chi connectivity index (χ1n) is 8.81. The van der Waals surface area contributed by atoms with Gasteiger partial charge in [0.05, 0.1) is 22.6 Å². The number of halogens is 1. The van der Waals surface area contributed by atoms with E-state index in [4.69, 9.17) is 16.3 Å². The molecule has 2 rings (SSSR count). The molecule has 0 bridgehead atoms. The fraction of sp³-hybridized carbons (Fsp3) is 0.579. The van der Waals surface area contributed by atoms with E-state index in [2.05, 4.69) is 13.8 Å². The number of nitrogens with zero attached hydrogens (tertiary/aromatic N) is 1. The molecule has 1 heterocycles. The van der Waals surface area contributed by atoms with Crippen molar-refractivity contribution in [3.63, 3.8) is 0 Å². The number of amides is 1. The van der Waals surface area contributed by atoms with Crippen molar-refractivity contribution in [1.82, 2.24) is 4.90 Å². The highest BCUT2D eigenvalue weighted by Gasteiger charge is 2.43. The number of carbonyl (C=O) groups excluding carboxylic acids is 2. The van der Waals surface area contributed by atoms with Gasteiger partial charge in [-0.25, -0.2) is 4.79 Å². The van der Waals surface area contributed by atoms with Crippen molar-refractivity contribution >= 4 is 35.2 Å². The molecule has 6 heteroatoms. The van der Waals surface area contributed by atoms with E-state index in [-0.39, 0.29) is 17.3 Å². The molecule has 2 atom stereocenters.